The van der Waals surface area contributed by atoms with E-state index in [1.807, 2.05) is 50.5 Å². The highest BCUT2D eigenvalue weighted by Gasteiger charge is 2.21. The van der Waals surface area contributed by atoms with Crippen molar-refractivity contribution in [2.45, 2.75) is 27.7 Å². The predicted octanol–water partition coefficient (Wildman–Crippen LogP) is 3.95. The van der Waals surface area contributed by atoms with Crippen molar-refractivity contribution >= 4 is 33.5 Å². The maximum absolute atomic E-state index is 12.8. The highest BCUT2D eigenvalue weighted by molar-refractivity contribution is 9.10. The molecule has 31 heavy (non-hydrogen) atoms. The van der Waals surface area contributed by atoms with Crippen LogP contribution in [0.1, 0.15) is 43.6 Å². The number of carbonyl (C=O) groups is 2. The zero-order chi connectivity index (χ0) is 22.3. The first-order valence-electron chi connectivity index (χ1n) is 9.60. The van der Waals surface area contributed by atoms with Crippen LogP contribution in [0.15, 0.2) is 41.0 Å². The monoisotopic (exact) mass is 481 g/mol. The molecule has 0 fully saturated rings. The molecule has 4 aromatic rings. The van der Waals surface area contributed by atoms with Crippen LogP contribution >= 0.6 is 15.9 Å². The van der Waals surface area contributed by atoms with Crippen LogP contribution in [0.5, 0.6) is 0 Å². The van der Waals surface area contributed by atoms with Crippen LogP contribution < -0.4 is 0 Å². The van der Waals surface area contributed by atoms with Gasteiger partial charge in [0, 0.05) is 39.0 Å². The molecule has 0 unspecified atom stereocenters. The molecule has 0 spiro atoms. The number of Topliss-reactive ketones (excluding diaryl/α,β-unsaturated/α-hetero) is 1. The molecule has 9 heteroatoms. The second kappa shape index (κ2) is 8.07. The summed E-state index contributed by atoms with van der Waals surface area (Å²) in [5.74, 6) is -0.896. The highest BCUT2D eigenvalue weighted by Crippen LogP contribution is 2.25. The van der Waals surface area contributed by atoms with Gasteiger partial charge in [0.2, 0.25) is 5.78 Å². The molecule has 0 aliphatic heterocycles. The molecule has 0 aliphatic carbocycles. The van der Waals surface area contributed by atoms with Gasteiger partial charge >= 0.3 is 5.97 Å². The van der Waals surface area contributed by atoms with Gasteiger partial charge in [0.1, 0.15) is 0 Å². The Bertz CT molecular complexity index is 1340. The molecule has 1 aromatic carbocycles. The Labute approximate surface area is 187 Å². The van der Waals surface area contributed by atoms with E-state index >= 15 is 0 Å². The number of benzene rings is 1. The molecule has 3 heterocycles. The van der Waals surface area contributed by atoms with Crippen molar-refractivity contribution in [2.24, 2.45) is 0 Å². The number of nitrogens with zero attached hydrogens (tertiary/aromatic N) is 5. The first kappa shape index (κ1) is 20.9. The maximum Gasteiger partial charge on any atom is 0.378 e. The van der Waals surface area contributed by atoms with E-state index in [9.17, 15) is 9.59 Å². The minimum Gasteiger partial charge on any atom is -0.451 e. The van der Waals surface area contributed by atoms with E-state index in [2.05, 4.69) is 31.0 Å². The number of hydrogen-bond acceptors (Lipinski definition) is 6. The standard InChI is InChI=1S/C22H20BrN5O3/c1-12-9-16(5-6-18(12)23)27-14(3)10-17(15(27)4)19(29)11-31-21(30)20-25-22-24-8-7-13(2)28(22)26-20/h5-10H,11H2,1-4H3. The lowest BCUT2D eigenvalue weighted by Crippen LogP contribution is -2.16. The summed E-state index contributed by atoms with van der Waals surface area (Å²) in [6.07, 6.45) is 1.58. The molecule has 0 radical (unpaired) electrons. The molecule has 0 N–H and O–H groups in total. The van der Waals surface area contributed by atoms with Crippen molar-refractivity contribution in [3.8, 4) is 5.69 Å². The number of halogens is 1. The molecule has 0 saturated heterocycles. The van der Waals surface area contributed by atoms with Crippen molar-refractivity contribution in [1.82, 2.24) is 24.1 Å². The van der Waals surface area contributed by atoms with Crippen LogP contribution in [0.2, 0.25) is 0 Å². The Morgan fingerprint density at radius 1 is 1.06 bits per heavy atom. The first-order chi connectivity index (χ1) is 14.8. The number of aryl methyl sites for hydroxylation is 3. The van der Waals surface area contributed by atoms with Crippen LogP contribution in [0, 0.1) is 27.7 Å². The number of hydrogen-bond donors (Lipinski definition) is 0. The summed E-state index contributed by atoms with van der Waals surface area (Å²) in [6, 6.07) is 9.56. The van der Waals surface area contributed by atoms with Crippen LogP contribution in [0.25, 0.3) is 11.5 Å². The van der Waals surface area contributed by atoms with Gasteiger partial charge in [0.05, 0.1) is 0 Å². The molecule has 3 aromatic heterocycles. The van der Waals surface area contributed by atoms with E-state index in [4.69, 9.17) is 4.74 Å². The number of ketones is 1. The molecule has 8 nitrogen and oxygen atoms in total. The van der Waals surface area contributed by atoms with Crippen molar-refractivity contribution in [2.75, 3.05) is 6.61 Å². The average Bonchev–Trinajstić information content (AvgIpc) is 3.30. The summed E-state index contributed by atoms with van der Waals surface area (Å²) < 4.78 is 9.67. The van der Waals surface area contributed by atoms with E-state index < -0.39 is 12.6 Å². The van der Waals surface area contributed by atoms with Crippen molar-refractivity contribution in [1.29, 1.82) is 0 Å². The topological polar surface area (TPSA) is 91.4 Å². The Kier molecular flexibility index (Phi) is 5.45. The maximum atomic E-state index is 12.8. The number of ether oxygens (including phenoxy) is 1. The molecule has 0 aliphatic rings. The van der Waals surface area contributed by atoms with Gasteiger partial charge in [-0.2, -0.15) is 4.98 Å². The van der Waals surface area contributed by atoms with E-state index in [1.54, 1.807) is 18.3 Å². The number of rotatable bonds is 5. The fourth-order valence-electron chi connectivity index (χ4n) is 3.48. The van der Waals surface area contributed by atoms with E-state index in [1.165, 1.54) is 4.52 Å². The lowest BCUT2D eigenvalue weighted by molar-refractivity contribution is 0.0462. The molecular weight excluding hydrogens is 462 g/mol. The largest absolute Gasteiger partial charge is 0.451 e. The summed E-state index contributed by atoms with van der Waals surface area (Å²) in [7, 11) is 0. The number of esters is 1. The summed E-state index contributed by atoms with van der Waals surface area (Å²) in [4.78, 5) is 33.3. The summed E-state index contributed by atoms with van der Waals surface area (Å²) in [5, 5.41) is 4.10. The smallest absolute Gasteiger partial charge is 0.378 e. The zero-order valence-corrected chi connectivity index (χ0v) is 19.1. The average molecular weight is 482 g/mol. The lowest BCUT2D eigenvalue weighted by Gasteiger charge is -2.11. The SMILES string of the molecule is Cc1cc(-n2c(C)cc(C(=O)COC(=O)c3nc4nccc(C)n4n3)c2C)ccc1Br. The molecule has 0 saturated carbocycles. The van der Waals surface area contributed by atoms with Crippen LogP contribution in [0.4, 0.5) is 0 Å². The minimum atomic E-state index is -0.768. The fourth-order valence-corrected chi connectivity index (χ4v) is 3.72. The second-order valence-corrected chi connectivity index (χ2v) is 8.14. The molecule has 0 amide bonds. The highest BCUT2D eigenvalue weighted by atomic mass is 79.9. The van der Waals surface area contributed by atoms with Crippen LogP contribution in [-0.2, 0) is 4.74 Å². The van der Waals surface area contributed by atoms with Gasteiger partial charge in [-0.3, -0.25) is 4.79 Å². The first-order valence-corrected chi connectivity index (χ1v) is 10.4. The summed E-state index contributed by atoms with van der Waals surface area (Å²) in [5.41, 5.74) is 5.04. The third-order valence-corrected chi connectivity index (χ3v) is 5.97. The van der Waals surface area contributed by atoms with Crippen molar-refractivity contribution < 1.29 is 14.3 Å². The molecule has 0 atom stereocenters. The summed E-state index contributed by atoms with van der Waals surface area (Å²) in [6.45, 7) is 7.24. The van der Waals surface area contributed by atoms with Crippen molar-refractivity contribution in [3.63, 3.8) is 0 Å². The summed E-state index contributed by atoms with van der Waals surface area (Å²) >= 11 is 3.51. The zero-order valence-electron chi connectivity index (χ0n) is 17.5. The van der Waals surface area contributed by atoms with Gasteiger partial charge in [-0.1, -0.05) is 15.9 Å². The van der Waals surface area contributed by atoms with Crippen LogP contribution in [-0.4, -0.2) is 42.5 Å². The third kappa shape index (κ3) is 3.88. The molecular formula is C22H20BrN5O3. The van der Waals surface area contributed by atoms with Gasteiger partial charge in [-0.05, 0) is 63.6 Å². The quantitative estimate of drug-likeness (QED) is 0.316. The Morgan fingerprint density at radius 2 is 1.84 bits per heavy atom. The lowest BCUT2D eigenvalue weighted by atomic mass is 10.1. The Hall–Kier alpha value is -3.33. The van der Waals surface area contributed by atoms with Gasteiger partial charge in [-0.25, -0.2) is 14.3 Å². The number of fused-ring (bicyclic) bond motifs is 1. The fraction of sp³-hybridized carbons (Fsp3) is 0.227. The van der Waals surface area contributed by atoms with Gasteiger partial charge < -0.3 is 9.30 Å². The third-order valence-electron chi connectivity index (χ3n) is 5.08. The Morgan fingerprint density at radius 3 is 2.55 bits per heavy atom. The number of carbonyl (C=O) groups excluding carboxylic acids is 2. The minimum absolute atomic E-state index is 0.134. The second-order valence-electron chi connectivity index (χ2n) is 7.29. The molecule has 0 bridgehead atoms. The Balaban J connectivity index is 1.52. The van der Waals surface area contributed by atoms with Crippen molar-refractivity contribution in [3.05, 3.63) is 75.0 Å². The predicted molar refractivity (Wildman–Crippen MR) is 118 cm³/mol. The van der Waals surface area contributed by atoms with E-state index in [-0.39, 0.29) is 11.6 Å². The normalized spacial score (nSPS) is 11.1. The van der Waals surface area contributed by atoms with E-state index in [0.717, 1.165) is 32.8 Å². The van der Waals surface area contributed by atoms with Gasteiger partial charge in [0.25, 0.3) is 11.6 Å². The van der Waals surface area contributed by atoms with Gasteiger partial charge in [-0.15, -0.1) is 5.10 Å². The van der Waals surface area contributed by atoms with Gasteiger partial charge in [0.15, 0.2) is 6.61 Å². The number of aromatic nitrogens is 5. The molecule has 158 valence electrons. The van der Waals surface area contributed by atoms with E-state index in [0.29, 0.717) is 11.3 Å². The van der Waals surface area contributed by atoms with Crippen LogP contribution in [0.3, 0.4) is 0 Å². The molecule has 4 rings (SSSR count).